The lowest BCUT2D eigenvalue weighted by Gasteiger charge is -2.45. The first-order valence-corrected chi connectivity index (χ1v) is 27.6. The Kier molecular flexibility index (Phi) is 11.7. The summed E-state index contributed by atoms with van der Waals surface area (Å²) in [4.78, 5) is 7.02. The maximum atomic E-state index is 11.7. The van der Waals surface area contributed by atoms with Gasteiger partial charge in [0.15, 0.2) is 7.85 Å². The number of nitrogens with zero attached hydrogens (tertiary/aromatic N) is 3. The number of rotatable bonds is 8. The van der Waals surface area contributed by atoms with Crippen LogP contribution in [0.2, 0.25) is 0 Å². The third-order valence-corrected chi connectivity index (χ3v) is 16.9. The van der Waals surface area contributed by atoms with E-state index in [4.69, 9.17) is 7.85 Å². The summed E-state index contributed by atoms with van der Waals surface area (Å²) in [7, 11) is 6.49. The van der Waals surface area contributed by atoms with Gasteiger partial charge in [-0.1, -0.05) is 201 Å². The van der Waals surface area contributed by atoms with Crippen molar-refractivity contribution >= 4 is 82.1 Å². The van der Waals surface area contributed by atoms with Gasteiger partial charge in [-0.25, -0.2) is 0 Å². The van der Waals surface area contributed by atoms with Gasteiger partial charge in [-0.3, -0.25) is 0 Å². The van der Waals surface area contributed by atoms with Crippen molar-refractivity contribution < 1.29 is 10.2 Å². The van der Waals surface area contributed by atoms with E-state index in [2.05, 4.69) is 282 Å². The molecule has 1 aliphatic carbocycles. The molecule has 79 heavy (non-hydrogen) atoms. The van der Waals surface area contributed by atoms with Gasteiger partial charge in [0, 0.05) is 62.2 Å². The number of hydrogen-bond donors (Lipinski definition) is 2. The van der Waals surface area contributed by atoms with Crippen LogP contribution in [0, 0.1) is 0 Å². The smallest absolute Gasteiger partial charge is 0.252 e. The van der Waals surface area contributed by atoms with E-state index in [0.29, 0.717) is 0 Å². The molecule has 10 aromatic carbocycles. The zero-order chi connectivity index (χ0) is 54.8. The second kappa shape index (κ2) is 18.4. The minimum Gasteiger partial charge on any atom is -0.371 e. The lowest BCUT2D eigenvalue weighted by Crippen LogP contribution is -2.61. The third kappa shape index (κ3) is 8.50. The van der Waals surface area contributed by atoms with Crippen molar-refractivity contribution in [3.63, 3.8) is 0 Å². The topological polar surface area (TPSA) is 50.2 Å². The summed E-state index contributed by atoms with van der Waals surface area (Å²) in [5.41, 5.74) is 21.0. The predicted octanol–water partition coefficient (Wildman–Crippen LogP) is 15.7. The zero-order valence-electron chi connectivity index (χ0n) is 46.3. The highest BCUT2D eigenvalue weighted by Gasteiger charge is 2.46. The maximum Gasteiger partial charge on any atom is 0.252 e. The van der Waals surface area contributed by atoms with E-state index < -0.39 is 5.69 Å². The van der Waals surface area contributed by atoms with Crippen molar-refractivity contribution in [2.45, 2.75) is 77.3 Å². The molecule has 5 nitrogen and oxygen atoms in total. The van der Waals surface area contributed by atoms with Crippen LogP contribution in [-0.2, 0) is 21.9 Å². The van der Waals surface area contributed by atoms with Gasteiger partial charge in [-0.2, -0.15) is 0 Å². The Bertz CT molecular complexity index is 3900. The van der Waals surface area contributed by atoms with Gasteiger partial charge in [-0.05, 0) is 162 Å². The Morgan fingerprint density at radius 2 is 0.848 bits per heavy atom. The van der Waals surface area contributed by atoms with Gasteiger partial charge in [0.25, 0.3) is 6.71 Å². The van der Waals surface area contributed by atoms with Crippen LogP contribution in [0.4, 0.5) is 51.2 Å². The van der Waals surface area contributed by atoms with Gasteiger partial charge < -0.3 is 24.9 Å². The molecule has 2 radical (unpaired) electrons. The third-order valence-electron chi connectivity index (χ3n) is 16.9. The van der Waals surface area contributed by atoms with Gasteiger partial charge >= 0.3 is 0 Å². The summed E-state index contributed by atoms with van der Waals surface area (Å²) in [6, 6.07) is 80.9. The average Bonchev–Trinajstić information content (AvgIpc) is 3.22. The SMILES string of the molecule is [B]C(O)(O)c1cc2c3c(c1)N(c1ccc4c(c1)C(C)(C)c1ccccc1-4)c1cc(C(C)(C)C)ccc1B3c1ccc(N(c3ccc(-c4ccccc4)cc3)c3ccc(-c4ccccc4)cc3)cc1N2c1ccc(C(C)(C)C)cc1. The molecule has 10 aromatic rings. The average molecular weight is 1020 g/mol. The number of hydrogen-bond acceptors (Lipinski definition) is 5. The Labute approximate surface area is 467 Å². The van der Waals surface area contributed by atoms with Gasteiger partial charge in [0.1, 0.15) is 5.69 Å². The van der Waals surface area contributed by atoms with E-state index >= 15 is 0 Å². The maximum absolute atomic E-state index is 11.7. The molecule has 2 N–H and O–H groups in total. The number of anilines is 9. The molecule has 0 amide bonds. The summed E-state index contributed by atoms with van der Waals surface area (Å²) in [6.45, 7) is 17.9. The largest absolute Gasteiger partial charge is 0.371 e. The van der Waals surface area contributed by atoms with Crippen molar-refractivity contribution in [3.05, 3.63) is 252 Å². The van der Waals surface area contributed by atoms with E-state index in [1.54, 1.807) is 0 Å². The van der Waals surface area contributed by atoms with Crippen molar-refractivity contribution in [1.82, 2.24) is 0 Å². The van der Waals surface area contributed by atoms with Crippen LogP contribution < -0.4 is 31.1 Å². The molecule has 0 atom stereocenters. The van der Waals surface area contributed by atoms with Crippen molar-refractivity contribution in [2.24, 2.45) is 0 Å². The molecule has 0 bridgehead atoms. The Balaban J connectivity index is 1.07. The van der Waals surface area contributed by atoms with Crippen molar-refractivity contribution in [2.75, 3.05) is 14.7 Å². The molecule has 0 saturated carbocycles. The molecule has 2 aliphatic heterocycles. The normalized spacial score (nSPS) is 14.0. The Morgan fingerprint density at radius 3 is 1.41 bits per heavy atom. The van der Waals surface area contributed by atoms with Crippen LogP contribution in [0.25, 0.3) is 33.4 Å². The first kappa shape index (κ1) is 50.2. The van der Waals surface area contributed by atoms with E-state index in [9.17, 15) is 10.2 Å². The van der Waals surface area contributed by atoms with Crippen LogP contribution in [0.15, 0.2) is 224 Å². The molecule has 2 heterocycles. The summed E-state index contributed by atoms with van der Waals surface area (Å²) in [5, 5.41) is 23.4. The molecule has 3 aliphatic rings. The molecule has 384 valence electrons. The molecule has 13 rings (SSSR count). The van der Waals surface area contributed by atoms with Crippen LogP contribution in [0.3, 0.4) is 0 Å². The Morgan fingerprint density at radius 1 is 0.405 bits per heavy atom. The standard InChI is InChI=1S/C72H63B2N3O2/c1-69(2,3)50-27-34-55(35-28-50)76-65-45-57(75(53-30-23-48(24-31-53)46-17-11-9-12-18-46)54-32-25-49(26-33-54)47-19-13-10-14-20-47)37-40-63(65)74-62-39-29-51(70(4,5)6)41-64(62)77(67-43-52(72(73,78)79)42-66(76)68(67)74)56-36-38-59-58-21-15-16-22-60(58)71(7,8)61(59)44-56/h9-45,78-79H,1-8H3. The van der Waals surface area contributed by atoms with Gasteiger partial charge in [-0.15, -0.1) is 0 Å². The first-order valence-electron chi connectivity index (χ1n) is 27.6. The molecule has 7 heteroatoms. The minimum atomic E-state index is -2.67. The van der Waals surface area contributed by atoms with Crippen LogP contribution in [-0.4, -0.2) is 24.8 Å². The number of benzene rings is 10. The first-order chi connectivity index (χ1) is 37.8. The predicted molar refractivity (Wildman–Crippen MR) is 333 cm³/mol. The van der Waals surface area contributed by atoms with Gasteiger partial charge in [0.2, 0.25) is 0 Å². The summed E-state index contributed by atoms with van der Waals surface area (Å²) >= 11 is 0. The fourth-order valence-electron chi connectivity index (χ4n) is 12.6. The fourth-order valence-corrected chi connectivity index (χ4v) is 12.6. The minimum absolute atomic E-state index is 0.0862. The van der Waals surface area contributed by atoms with Crippen LogP contribution in [0.5, 0.6) is 0 Å². The summed E-state index contributed by atoms with van der Waals surface area (Å²) in [6.07, 6.45) is 0. The highest BCUT2D eigenvalue weighted by Crippen LogP contribution is 2.53. The highest BCUT2D eigenvalue weighted by atomic mass is 16.5. The summed E-state index contributed by atoms with van der Waals surface area (Å²) in [5.74, 6) is 0. The quantitative estimate of drug-likeness (QED) is 0.117. The van der Waals surface area contributed by atoms with E-state index in [1.165, 1.54) is 33.4 Å². The van der Waals surface area contributed by atoms with E-state index in [0.717, 1.165) is 89.8 Å². The second-order valence-corrected chi connectivity index (χ2v) is 24.4. The number of aliphatic hydroxyl groups is 2. The fraction of sp³-hybridized carbons (Fsp3) is 0.167. The van der Waals surface area contributed by atoms with E-state index in [-0.39, 0.29) is 28.5 Å². The highest BCUT2D eigenvalue weighted by molar-refractivity contribution is 7.00. The molecule has 0 fully saturated rings. The van der Waals surface area contributed by atoms with Gasteiger partial charge in [0.05, 0.1) is 0 Å². The molecular formula is C72H63B2N3O2. The number of fused-ring (bicyclic) bond motifs is 7. The Hall–Kier alpha value is -8.35. The lowest BCUT2D eigenvalue weighted by molar-refractivity contribution is -0.0909. The zero-order valence-corrected chi connectivity index (χ0v) is 46.3. The second-order valence-electron chi connectivity index (χ2n) is 24.4. The molecule has 0 unspecified atom stereocenters. The molecule has 0 spiro atoms. The van der Waals surface area contributed by atoms with Crippen molar-refractivity contribution in [3.8, 4) is 33.4 Å². The summed E-state index contributed by atoms with van der Waals surface area (Å²) < 4.78 is 0. The van der Waals surface area contributed by atoms with Crippen molar-refractivity contribution in [1.29, 1.82) is 0 Å². The molecule has 0 aromatic heterocycles. The molecular weight excluding hydrogens is 960 g/mol. The van der Waals surface area contributed by atoms with Crippen LogP contribution in [0.1, 0.15) is 83.2 Å². The molecule has 0 saturated heterocycles. The van der Waals surface area contributed by atoms with Crippen LogP contribution >= 0.6 is 0 Å². The monoisotopic (exact) mass is 1020 g/mol. The van der Waals surface area contributed by atoms with E-state index in [1.807, 2.05) is 12.1 Å². The lowest BCUT2D eigenvalue weighted by atomic mass is 9.33.